The summed E-state index contributed by atoms with van der Waals surface area (Å²) in [4.78, 5) is 30.0. The number of thiophene rings is 1. The molecule has 0 aliphatic heterocycles. The van der Waals surface area contributed by atoms with Crippen LogP contribution in [0.2, 0.25) is 5.02 Å². The Morgan fingerprint density at radius 2 is 1.94 bits per heavy atom. The van der Waals surface area contributed by atoms with Gasteiger partial charge in [0.05, 0.1) is 22.3 Å². The molecule has 0 spiro atoms. The van der Waals surface area contributed by atoms with Gasteiger partial charge in [0.15, 0.2) is 0 Å². The van der Waals surface area contributed by atoms with E-state index < -0.39 is 4.92 Å². The fourth-order valence-electron chi connectivity index (χ4n) is 4.30. The number of nitrogens with one attached hydrogen (secondary N) is 1. The number of halogens is 1. The third-order valence-corrected chi connectivity index (χ3v) is 7.47. The molecule has 1 N–H and O–H groups in total. The number of hydrogen-bond acceptors (Lipinski definition) is 6. The second-order valence-electron chi connectivity index (χ2n) is 8.44. The van der Waals surface area contributed by atoms with E-state index in [2.05, 4.69) is 10.3 Å². The first-order valence-corrected chi connectivity index (χ1v) is 12.7. The minimum absolute atomic E-state index is 0.136. The van der Waals surface area contributed by atoms with Gasteiger partial charge in [0, 0.05) is 22.5 Å². The molecule has 0 saturated carbocycles. The summed E-state index contributed by atoms with van der Waals surface area (Å²) in [6, 6.07) is 17.6. The maximum Gasteiger partial charge on any atom is 0.281 e. The molecule has 0 fully saturated rings. The number of carbonyl (C=O) groups excluding carboxylic acids is 1. The van der Waals surface area contributed by atoms with Crippen LogP contribution in [-0.2, 0) is 19.4 Å². The fourth-order valence-corrected chi connectivity index (χ4v) is 5.69. The van der Waals surface area contributed by atoms with Crippen LogP contribution in [0.15, 0.2) is 70.1 Å². The molecule has 0 unspecified atom stereocenters. The summed E-state index contributed by atoms with van der Waals surface area (Å²) in [5, 5.41) is 15.4. The summed E-state index contributed by atoms with van der Waals surface area (Å²) in [7, 11) is 0. The van der Waals surface area contributed by atoms with Crippen molar-refractivity contribution in [3.8, 4) is 11.3 Å². The van der Waals surface area contributed by atoms with Crippen LogP contribution in [0.25, 0.3) is 11.3 Å². The molecule has 2 aromatic carbocycles. The zero-order valence-corrected chi connectivity index (χ0v) is 20.8. The highest BCUT2D eigenvalue weighted by Crippen LogP contribution is 2.40. The predicted molar refractivity (Wildman–Crippen MR) is 142 cm³/mol. The van der Waals surface area contributed by atoms with E-state index >= 15 is 0 Å². The Morgan fingerprint density at radius 3 is 2.75 bits per heavy atom. The highest BCUT2D eigenvalue weighted by Gasteiger charge is 2.25. The van der Waals surface area contributed by atoms with Gasteiger partial charge in [0.25, 0.3) is 11.6 Å². The molecule has 7 nitrogen and oxygen atoms in total. The lowest BCUT2D eigenvalue weighted by Gasteiger charge is -2.12. The van der Waals surface area contributed by atoms with Crippen molar-refractivity contribution in [2.75, 3.05) is 0 Å². The molecule has 1 amide bonds. The lowest BCUT2D eigenvalue weighted by molar-refractivity contribution is -0.384. The first kappa shape index (κ1) is 24.0. The molecule has 0 radical (unpaired) electrons. The number of carbonyl (C=O) groups is 1. The van der Waals surface area contributed by atoms with Crippen LogP contribution in [0.5, 0.6) is 0 Å². The van der Waals surface area contributed by atoms with Gasteiger partial charge in [-0.2, -0.15) is 0 Å². The van der Waals surface area contributed by atoms with Gasteiger partial charge in [0.1, 0.15) is 16.5 Å². The van der Waals surface area contributed by atoms with Crippen LogP contribution < -0.4 is 5.32 Å². The second kappa shape index (κ2) is 10.5. The number of nitrogens with zero attached hydrogens (tertiary/aromatic N) is 2. The average Bonchev–Trinajstić information content (AvgIpc) is 3.51. The fraction of sp³-hybridized carbons (Fsp3) is 0.185. The molecule has 2 heterocycles. The van der Waals surface area contributed by atoms with Crippen molar-refractivity contribution in [1.82, 2.24) is 5.32 Å². The van der Waals surface area contributed by atoms with Crippen LogP contribution >= 0.6 is 22.9 Å². The Bertz CT molecular complexity index is 1460. The van der Waals surface area contributed by atoms with Gasteiger partial charge >= 0.3 is 0 Å². The van der Waals surface area contributed by atoms with Crippen molar-refractivity contribution in [2.24, 2.45) is 4.99 Å². The van der Waals surface area contributed by atoms with E-state index in [-0.39, 0.29) is 16.6 Å². The normalized spacial score (nSPS) is 13.0. The molecule has 5 rings (SSSR count). The first-order valence-electron chi connectivity index (χ1n) is 11.5. The minimum atomic E-state index is -0.492. The lowest BCUT2D eigenvalue weighted by atomic mass is 9.95. The topological polar surface area (TPSA) is 97.7 Å². The molecule has 1 aliphatic rings. The largest absolute Gasteiger partial charge is 0.455 e. The second-order valence-corrected chi connectivity index (χ2v) is 9.96. The summed E-state index contributed by atoms with van der Waals surface area (Å²) >= 11 is 7.46. The summed E-state index contributed by atoms with van der Waals surface area (Å²) in [6.07, 6.45) is 5.51. The highest BCUT2D eigenvalue weighted by molar-refractivity contribution is 7.16. The number of hydrogen-bond donors (Lipinski definition) is 1. The summed E-state index contributed by atoms with van der Waals surface area (Å²) < 4.78 is 5.84. The van der Waals surface area contributed by atoms with Crippen LogP contribution in [0.4, 0.5) is 10.7 Å². The monoisotopic (exact) mass is 519 g/mol. The summed E-state index contributed by atoms with van der Waals surface area (Å²) in [5.41, 5.74) is 2.93. The molecule has 1 aliphatic carbocycles. The SMILES string of the molecule is O=C(NCc1ccccc1)c1c(/N=C/c2ccc(-c3ccc(Cl)cc3[N+](=O)[O-])o2)sc2c1CCCC2. The number of fused-ring (bicyclic) bond motifs is 1. The van der Waals surface area contributed by atoms with Gasteiger partial charge < -0.3 is 9.73 Å². The maximum atomic E-state index is 13.2. The molecule has 2 aromatic heterocycles. The lowest BCUT2D eigenvalue weighted by Crippen LogP contribution is -2.24. The van der Waals surface area contributed by atoms with Crippen LogP contribution in [0.3, 0.4) is 0 Å². The zero-order valence-electron chi connectivity index (χ0n) is 19.2. The summed E-state index contributed by atoms with van der Waals surface area (Å²) in [5.74, 6) is 0.629. The minimum Gasteiger partial charge on any atom is -0.455 e. The van der Waals surface area contributed by atoms with E-state index in [4.69, 9.17) is 16.0 Å². The Morgan fingerprint density at radius 1 is 1.14 bits per heavy atom. The molecule has 4 aromatic rings. The average molecular weight is 520 g/mol. The van der Waals surface area contributed by atoms with E-state index in [1.54, 1.807) is 30.5 Å². The number of furan rings is 1. The van der Waals surface area contributed by atoms with Gasteiger partial charge in [-0.25, -0.2) is 4.99 Å². The Kier molecular flexibility index (Phi) is 6.97. The molecule has 0 saturated heterocycles. The van der Waals surface area contributed by atoms with Crippen molar-refractivity contribution in [3.63, 3.8) is 0 Å². The van der Waals surface area contributed by atoms with Crippen molar-refractivity contribution in [2.45, 2.75) is 32.2 Å². The Hall–Kier alpha value is -3.75. The first-order chi connectivity index (χ1) is 17.5. The molecule has 182 valence electrons. The predicted octanol–water partition coefficient (Wildman–Crippen LogP) is 7.13. The Labute approximate surface area is 216 Å². The molecule has 9 heteroatoms. The number of nitro benzene ring substituents is 1. The number of benzene rings is 2. The number of aryl methyl sites for hydroxylation is 1. The van der Waals surface area contributed by atoms with E-state index in [1.165, 1.54) is 22.3 Å². The molecular formula is C27H22ClN3O4S. The molecule has 36 heavy (non-hydrogen) atoms. The van der Waals surface area contributed by atoms with Crippen molar-refractivity contribution in [3.05, 3.63) is 103 Å². The third kappa shape index (κ3) is 5.10. The van der Waals surface area contributed by atoms with Gasteiger partial charge in [0.2, 0.25) is 0 Å². The van der Waals surface area contributed by atoms with Crippen LogP contribution in [0, 0.1) is 10.1 Å². The standard InChI is InChI=1S/C27H22ClN3O4S/c28-18-10-12-20(22(14-18)31(33)34)23-13-11-19(35-23)16-30-27-25(21-8-4-5-9-24(21)36-27)26(32)29-15-17-6-2-1-3-7-17/h1-3,6-7,10-14,16H,4-5,8-9,15H2,(H,29,32)/b30-16+. The van der Waals surface area contributed by atoms with Crippen LogP contribution in [-0.4, -0.2) is 17.0 Å². The molecule has 0 atom stereocenters. The Balaban J connectivity index is 1.41. The van der Waals surface area contributed by atoms with Gasteiger partial charge in [-0.3, -0.25) is 14.9 Å². The van der Waals surface area contributed by atoms with Crippen molar-refractivity contribution < 1.29 is 14.1 Å². The van der Waals surface area contributed by atoms with Gasteiger partial charge in [-0.15, -0.1) is 11.3 Å². The van der Waals surface area contributed by atoms with Crippen molar-refractivity contribution in [1.29, 1.82) is 0 Å². The third-order valence-electron chi connectivity index (χ3n) is 6.03. The summed E-state index contributed by atoms with van der Waals surface area (Å²) in [6.45, 7) is 0.439. The smallest absolute Gasteiger partial charge is 0.281 e. The number of amides is 1. The van der Waals surface area contributed by atoms with Crippen LogP contribution in [0.1, 0.15) is 45.0 Å². The zero-order chi connectivity index (χ0) is 25.1. The molecule has 0 bridgehead atoms. The number of aliphatic imine (C=N–C) groups is 1. The van der Waals surface area contributed by atoms with Crippen molar-refractivity contribution >= 4 is 45.7 Å². The van der Waals surface area contributed by atoms with E-state index in [0.29, 0.717) is 34.2 Å². The quantitative estimate of drug-likeness (QED) is 0.159. The number of nitro groups is 1. The van der Waals surface area contributed by atoms with Gasteiger partial charge in [-0.05, 0) is 61.1 Å². The van der Waals surface area contributed by atoms with E-state index in [9.17, 15) is 14.9 Å². The highest BCUT2D eigenvalue weighted by atomic mass is 35.5. The van der Waals surface area contributed by atoms with E-state index in [0.717, 1.165) is 36.8 Å². The molecular weight excluding hydrogens is 498 g/mol. The van der Waals surface area contributed by atoms with E-state index in [1.807, 2.05) is 30.3 Å². The van der Waals surface area contributed by atoms with Gasteiger partial charge in [-0.1, -0.05) is 41.9 Å². The number of rotatable bonds is 7. The maximum absolute atomic E-state index is 13.2.